The Hall–Kier alpha value is -3.76. The largest absolute Gasteiger partial charge is 0.443 e. The Morgan fingerprint density at radius 1 is 1.03 bits per heavy atom. The SMILES string of the molecule is CCCCc1ccc[n+](CCOC(=O)Nc2ccc(Cc3ccc(N=C=O)cc3)cc2)c1. The zero-order chi connectivity index (χ0) is 22.6. The maximum Gasteiger partial charge on any atom is 0.411 e. The summed E-state index contributed by atoms with van der Waals surface area (Å²) >= 11 is 0. The second-order valence-electron chi connectivity index (χ2n) is 7.56. The molecule has 0 radical (unpaired) electrons. The minimum atomic E-state index is -0.466. The van der Waals surface area contributed by atoms with Crippen LogP contribution in [0.25, 0.3) is 0 Å². The van der Waals surface area contributed by atoms with Crippen molar-refractivity contribution in [1.82, 2.24) is 0 Å². The van der Waals surface area contributed by atoms with Gasteiger partial charge in [-0.05, 0) is 60.7 Å². The van der Waals surface area contributed by atoms with Gasteiger partial charge in [0.15, 0.2) is 25.5 Å². The molecule has 0 saturated heterocycles. The molecular weight excluding hydrogens is 402 g/mol. The van der Waals surface area contributed by atoms with E-state index in [2.05, 4.69) is 29.5 Å². The molecule has 32 heavy (non-hydrogen) atoms. The molecule has 1 amide bonds. The van der Waals surface area contributed by atoms with Crippen LogP contribution in [0.1, 0.15) is 36.5 Å². The number of aryl methyl sites for hydroxylation is 1. The van der Waals surface area contributed by atoms with Gasteiger partial charge in [0.2, 0.25) is 6.08 Å². The monoisotopic (exact) mass is 430 g/mol. The van der Waals surface area contributed by atoms with Crippen LogP contribution in [0.3, 0.4) is 0 Å². The molecule has 0 saturated carbocycles. The second-order valence-corrected chi connectivity index (χ2v) is 7.56. The standard InChI is InChI=1S/C26H27N3O3/c1-2-3-5-23-6-4-15-29(19-23)16-17-32-26(31)28-25-13-9-22(10-14-25)18-21-7-11-24(12-8-21)27-20-30/h4,6-15,19H,2-3,5,16-18H2,1H3/p+1. The Morgan fingerprint density at radius 2 is 1.75 bits per heavy atom. The number of carbonyl (C=O) groups is 1. The molecule has 0 unspecified atom stereocenters. The minimum Gasteiger partial charge on any atom is -0.443 e. The van der Waals surface area contributed by atoms with Crippen LogP contribution in [-0.4, -0.2) is 18.8 Å². The average Bonchev–Trinajstić information content (AvgIpc) is 2.81. The van der Waals surface area contributed by atoms with Gasteiger partial charge in [-0.25, -0.2) is 14.2 Å². The topological polar surface area (TPSA) is 71.6 Å². The third-order valence-electron chi connectivity index (χ3n) is 5.04. The van der Waals surface area contributed by atoms with Gasteiger partial charge in [-0.3, -0.25) is 5.32 Å². The van der Waals surface area contributed by atoms with E-state index in [0.717, 1.165) is 24.0 Å². The number of aliphatic imine (C=N–C) groups is 1. The van der Waals surface area contributed by atoms with E-state index in [-0.39, 0.29) is 0 Å². The Kier molecular flexibility index (Phi) is 8.72. The molecule has 0 fully saturated rings. The molecule has 0 aliphatic carbocycles. The van der Waals surface area contributed by atoms with Crippen molar-refractivity contribution in [2.75, 3.05) is 11.9 Å². The lowest BCUT2D eigenvalue weighted by Gasteiger charge is -2.08. The number of benzene rings is 2. The highest BCUT2D eigenvalue weighted by Gasteiger charge is 2.07. The lowest BCUT2D eigenvalue weighted by molar-refractivity contribution is -0.698. The molecule has 1 N–H and O–H groups in total. The molecule has 1 heterocycles. The number of rotatable bonds is 10. The fraction of sp³-hybridized carbons (Fsp3) is 0.269. The van der Waals surface area contributed by atoms with E-state index in [0.29, 0.717) is 24.5 Å². The number of hydrogen-bond acceptors (Lipinski definition) is 4. The average molecular weight is 431 g/mol. The summed E-state index contributed by atoms with van der Waals surface area (Å²) in [6, 6.07) is 19.2. The van der Waals surface area contributed by atoms with Crippen LogP contribution in [0, 0.1) is 0 Å². The minimum absolute atomic E-state index is 0.302. The van der Waals surface area contributed by atoms with Crippen molar-refractivity contribution >= 4 is 23.5 Å². The molecule has 164 valence electrons. The van der Waals surface area contributed by atoms with Gasteiger partial charge >= 0.3 is 6.09 Å². The van der Waals surface area contributed by atoms with E-state index < -0.39 is 6.09 Å². The molecular formula is C26H28N3O3+. The molecule has 0 spiro atoms. The summed E-state index contributed by atoms with van der Waals surface area (Å²) in [6.45, 7) is 3.10. The van der Waals surface area contributed by atoms with Gasteiger partial charge in [0.1, 0.15) is 0 Å². The number of amides is 1. The van der Waals surface area contributed by atoms with Gasteiger partial charge < -0.3 is 4.74 Å². The second kappa shape index (κ2) is 12.2. The van der Waals surface area contributed by atoms with Crippen molar-refractivity contribution < 1.29 is 18.9 Å². The summed E-state index contributed by atoms with van der Waals surface area (Å²) in [4.78, 5) is 26.0. The van der Waals surface area contributed by atoms with Gasteiger partial charge in [-0.2, -0.15) is 4.99 Å². The highest BCUT2D eigenvalue weighted by molar-refractivity contribution is 5.84. The van der Waals surface area contributed by atoms with E-state index >= 15 is 0 Å². The van der Waals surface area contributed by atoms with Crippen LogP contribution in [0.5, 0.6) is 0 Å². The zero-order valence-electron chi connectivity index (χ0n) is 18.3. The summed E-state index contributed by atoms with van der Waals surface area (Å²) < 4.78 is 7.37. The first-order valence-corrected chi connectivity index (χ1v) is 10.8. The van der Waals surface area contributed by atoms with E-state index in [1.165, 1.54) is 24.5 Å². The van der Waals surface area contributed by atoms with Crippen molar-refractivity contribution in [2.24, 2.45) is 4.99 Å². The number of hydrogen-bond donors (Lipinski definition) is 1. The molecule has 2 aromatic carbocycles. The van der Waals surface area contributed by atoms with Gasteiger partial charge in [0.25, 0.3) is 0 Å². The smallest absolute Gasteiger partial charge is 0.411 e. The van der Waals surface area contributed by atoms with Crippen molar-refractivity contribution in [3.05, 3.63) is 89.7 Å². The number of isocyanates is 1. The number of unbranched alkanes of at least 4 members (excludes halogenated alkanes) is 1. The number of pyridine rings is 1. The Balaban J connectivity index is 1.44. The van der Waals surface area contributed by atoms with Crippen LogP contribution < -0.4 is 9.88 Å². The number of aromatic nitrogens is 1. The predicted molar refractivity (Wildman–Crippen MR) is 124 cm³/mol. The fourth-order valence-electron chi connectivity index (χ4n) is 3.32. The lowest BCUT2D eigenvalue weighted by atomic mass is 10.0. The van der Waals surface area contributed by atoms with Crippen molar-refractivity contribution in [3.8, 4) is 0 Å². The number of nitrogens with one attached hydrogen (secondary N) is 1. The Labute approximate surface area is 188 Å². The third kappa shape index (κ3) is 7.49. The molecule has 0 aliphatic heterocycles. The van der Waals surface area contributed by atoms with Gasteiger partial charge in [0, 0.05) is 17.3 Å². The van der Waals surface area contributed by atoms with Crippen LogP contribution in [0.2, 0.25) is 0 Å². The Morgan fingerprint density at radius 3 is 2.44 bits per heavy atom. The lowest BCUT2D eigenvalue weighted by Crippen LogP contribution is -2.36. The predicted octanol–water partition coefficient (Wildman–Crippen LogP) is 5.12. The zero-order valence-corrected chi connectivity index (χ0v) is 18.3. The summed E-state index contributed by atoms with van der Waals surface area (Å²) in [6.07, 6.45) is 9.31. The van der Waals surface area contributed by atoms with Crippen molar-refractivity contribution in [2.45, 2.75) is 39.2 Å². The van der Waals surface area contributed by atoms with E-state index in [1.54, 1.807) is 12.1 Å². The van der Waals surface area contributed by atoms with Crippen LogP contribution in [-0.2, 0) is 28.9 Å². The third-order valence-corrected chi connectivity index (χ3v) is 5.04. The molecule has 3 rings (SSSR count). The normalized spacial score (nSPS) is 10.3. The van der Waals surface area contributed by atoms with E-state index in [9.17, 15) is 9.59 Å². The van der Waals surface area contributed by atoms with Gasteiger partial charge in [-0.15, -0.1) is 0 Å². The maximum absolute atomic E-state index is 12.1. The molecule has 0 aliphatic rings. The molecule has 3 aromatic rings. The molecule has 0 bridgehead atoms. The molecule has 0 atom stereocenters. The van der Waals surface area contributed by atoms with Gasteiger partial charge in [0.05, 0.1) is 5.69 Å². The highest BCUT2D eigenvalue weighted by Crippen LogP contribution is 2.17. The molecule has 6 heteroatoms. The molecule has 1 aromatic heterocycles. The van der Waals surface area contributed by atoms with E-state index in [1.807, 2.05) is 53.2 Å². The number of nitrogens with zero attached hydrogens (tertiary/aromatic N) is 2. The van der Waals surface area contributed by atoms with Crippen LogP contribution in [0.4, 0.5) is 16.2 Å². The quantitative estimate of drug-likeness (QED) is 0.276. The number of carbonyl (C=O) groups excluding carboxylic acids is 2. The summed E-state index contributed by atoms with van der Waals surface area (Å²) in [5, 5.41) is 2.76. The Bertz CT molecular complexity index is 1060. The first-order chi connectivity index (χ1) is 15.7. The highest BCUT2D eigenvalue weighted by atomic mass is 16.5. The maximum atomic E-state index is 12.1. The van der Waals surface area contributed by atoms with Crippen molar-refractivity contribution in [1.29, 1.82) is 0 Å². The summed E-state index contributed by atoms with van der Waals surface area (Å²) in [5.41, 5.74) is 4.78. The first kappa shape index (κ1) is 22.9. The van der Waals surface area contributed by atoms with Gasteiger partial charge in [-0.1, -0.05) is 37.6 Å². The fourth-order valence-corrected chi connectivity index (χ4v) is 3.32. The molecule has 6 nitrogen and oxygen atoms in total. The summed E-state index contributed by atoms with van der Waals surface area (Å²) in [7, 11) is 0. The summed E-state index contributed by atoms with van der Waals surface area (Å²) in [5.74, 6) is 0. The van der Waals surface area contributed by atoms with Crippen molar-refractivity contribution in [3.63, 3.8) is 0 Å². The van der Waals surface area contributed by atoms with Crippen LogP contribution >= 0.6 is 0 Å². The first-order valence-electron chi connectivity index (χ1n) is 10.8. The van der Waals surface area contributed by atoms with Crippen LogP contribution in [0.15, 0.2) is 78.0 Å². The number of ether oxygens (including phenoxy) is 1. The van der Waals surface area contributed by atoms with E-state index in [4.69, 9.17) is 4.74 Å². The number of anilines is 1.